The number of methoxy groups -OCH3 is 1. The van der Waals surface area contributed by atoms with Gasteiger partial charge in [-0.15, -0.1) is 16.9 Å². The lowest BCUT2D eigenvalue weighted by Gasteiger charge is -2.27. The molecule has 0 saturated carbocycles. The molecule has 1 unspecified atom stereocenters. The number of ether oxygens (including phenoxy) is 1. The summed E-state index contributed by atoms with van der Waals surface area (Å²) in [5, 5.41) is 8.46. The van der Waals surface area contributed by atoms with Crippen molar-refractivity contribution in [3.05, 3.63) is 34.6 Å². The molecule has 8 heteroatoms. The van der Waals surface area contributed by atoms with Crippen LogP contribution in [0.2, 0.25) is 0 Å². The van der Waals surface area contributed by atoms with Gasteiger partial charge in [0.2, 0.25) is 0 Å². The number of carbonyl (C=O) groups excluding carboxylic acids is 1. The number of nitrogens with zero attached hydrogens (tertiary/aromatic N) is 3. The molecule has 0 spiro atoms. The summed E-state index contributed by atoms with van der Waals surface area (Å²) in [6, 6.07) is 7.16. The molecule has 1 N–H and O–H groups in total. The van der Waals surface area contributed by atoms with Crippen LogP contribution in [0.1, 0.15) is 0 Å². The quantitative estimate of drug-likeness (QED) is 0.725. The average molecular weight is 321 g/mol. The number of thioether (sulfide) groups is 1. The van der Waals surface area contributed by atoms with Gasteiger partial charge in [-0.25, -0.2) is 0 Å². The predicted octanol–water partition coefficient (Wildman–Crippen LogP) is -1.08. The molecule has 1 aliphatic rings. The zero-order valence-electron chi connectivity index (χ0n) is 12.2. The molecule has 2 aromatic rings. The summed E-state index contributed by atoms with van der Waals surface area (Å²) in [4.78, 5) is 25.2. The summed E-state index contributed by atoms with van der Waals surface area (Å²) in [5.74, 6) is 0.643. The molecule has 7 nitrogen and oxygen atoms in total. The van der Waals surface area contributed by atoms with Gasteiger partial charge in [-0.2, -0.15) is 4.68 Å². The fraction of sp³-hybridized carbons (Fsp3) is 0.429. The molecule has 1 fully saturated rings. The van der Waals surface area contributed by atoms with Crippen LogP contribution in [-0.2, 0) is 16.2 Å². The Morgan fingerprint density at radius 1 is 1.50 bits per heavy atom. The third-order valence-corrected chi connectivity index (χ3v) is 4.92. The van der Waals surface area contributed by atoms with Crippen LogP contribution >= 0.6 is 11.8 Å². The van der Waals surface area contributed by atoms with E-state index in [1.54, 1.807) is 23.9 Å². The van der Waals surface area contributed by atoms with Crippen LogP contribution in [-0.4, -0.2) is 52.2 Å². The van der Waals surface area contributed by atoms with Crippen molar-refractivity contribution in [2.24, 2.45) is 0 Å². The number of carbonyl (C=O) groups is 1. The topological polar surface area (TPSA) is 78.5 Å². The van der Waals surface area contributed by atoms with Crippen LogP contribution in [0.3, 0.4) is 0 Å². The minimum Gasteiger partial charge on any atom is -0.468 e. The summed E-state index contributed by atoms with van der Waals surface area (Å²) < 4.78 is 6.18. The van der Waals surface area contributed by atoms with E-state index in [1.807, 2.05) is 12.1 Å². The number of nitrogens with one attached hydrogen (secondary N) is 1. The first-order chi connectivity index (χ1) is 10.7. The Hall–Kier alpha value is -1.93. The number of quaternary nitrogens is 1. The van der Waals surface area contributed by atoms with Gasteiger partial charge in [0.25, 0.3) is 5.56 Å². The summed E-state index contributed by atoms with van der Waals surface area (Å²) in [7, 11) is 1.40. The second kappa shape index (κ2) is 6.45. The zero-order chi connectivity index (χ0) is 15.5. The number of hydrogen-bond donors (Lipinski definition) is 1. The van der Waals surface area contributed by atoms with E-state index >= 15 is 0 Å². The third-order valence-electron chi connectivity index (χ3n) is 3.72. The van der Waals surface area contributed by atoms with Gasteiger partial charge in [0.1, 0.15) is 12.1 Å². The normalized spacial score (nSPS) is 21.7. The Morgan fingerprint density at radius 2 is 2.32 bits per heavy atom. The second-order valence-electron chi connectivity index (χ2n) is 5.16. The lowest BCUT2D eigenvalue weighted by molar-refractivity contribution is -0.921. The maximum absolute atomic E-state index is 12.4. The minimum atomic E-state index is -0.209. The summed E-state index contributed by atoms with van der Waals surface area (Å²) >= 11 is 1.60. The van der Waals surface area contributed by atoms with Crippen LogP contribution in [0.15, 0.2) is 29.1 Å². The Bertz CT molecular complexity index is 748. The van der Waals surface area contributed by atoms with Gasteiger partial charge in [0, 0.05) is 5.75 Å². The minimum absolute atomic E-state index is 0.147. The standard InChI is InChI=1S/C14H16N4O3S/c1-21-14(20)12-8-17(6-7-22-12)9-18-13(19)10-4-2-3-5-11(10)15-16-18/h2-5,12H,6-9H2,1H3/p+1/t12-/m0/s1. The summed E-state index contributed by atoms with van der Waals surface area (Å²) in [6.07, 6.45) is 0. The fourth-order valence-corrected chi connectivity index (χ4v) is 3.81. The number of esters is 1. The SMILES string of the molecule is COC(=O)[C@@H]1C[NH+](Cn2nnc3ccccc3c2=O)CCS1. The molecular formula is C14H17N4O3S+. The van der Waals surface area contributed by atoms with Gasteiger partial charge in [0.05, 0.1) is 19.0 Å². The van der Waals surface area contributed by atoms with Gasteiger partial charge in [-0.1, -0.05) is 17.3 Å². The monoisotopic (exact) mass is 321 g/mol. The third kappa shape index (κ3) is 2.97. The van der Waals surface area contributed by atoms with Gasteiger partial charge >= 0.3 is 5.97 Å². The Labute approximate surface area is 131 Å². The van der Waals surface area contributed by atoms with Crippen molar-refractivity contribution in [2.45, 2.75) is 11.9 Å². The molecule has 116 valence electrons. The Balaban J connectivity index is 1.80. The molecule has 2 heterocycles. The van der Waals surface area contributed by atoms with E-state index < -0.39 is 0 Å². The molecular weight excluding hydrogens is 304 g/mol. The fourth-order valence-electron chi connectivity index (χ4n) is 2.53. The van der Waals surface area contributed by atoms with E-state index in [4.69, 9.17) is 4.74 Å². The molecule has 0 bridgehead atoms. The van der Waals surface area contributed by atoms with E-state index in [1.165, 1.54) is 11.8 Å². The van der Waals surface area contributed by atoms with Crippen molar-refractivity contribution >= 4 is 28.6 Å². The first kappa shape index (κ1) is 15.0. The van der Waals surface area contributed by atoms with Gasteiger partial charge in [-0.05, 0) is 12.1 Å². The van der Waals surface area contributed by atoms with Crippen LogP contribution in [0.25, 0.3) is 10.9 Å². The molecule has 3 rings (SSSR count). The van der Waals surface area contributed by atoms with Gasteiger partial charge in [0.15, 0.2) is 11.9 Å². The van der Waals surface area contributed by atoms with Crippen LogP contribution < -0.4 is 10.5 Å². The predicted molar refractivity (Wildman–Crippen MR) is 82.8 cm³/mol. The second-order valence-corrected chi connectivity index (χ2v) is 6.47. The van der Waals surface area contributed by atoms with Crippen LogP contribution in [0.4, 0.5) is 0 Å². The molecule has 1 aromatic heterocycles. The molecule has 1 aromatic carbocycles. The van der Waals surface area contributed by atoms with Crippen molar-refractivity contribution in [3.8, 4) is 0 Å². The molecule has 0 radical (unpaired) electrons. The summed E-state index contributed by atoms with van der Waals surface area (Å²) in [5.41, 5.74) is 0.450. The van der Waals surface area contributed by atoms with Crippen molar-refractivity contribution in [2.75, 3.05) is 26.0 Å². The van der Waals surface area contributed by atoms with E-state index in [9.17, 15) is 9.59 Å². The highest BCUT2D eigenvalue weighted by atomic mass is 32.2. The Kier molecular flexibility index (Phi) is 4.39. The van der Waals surface area contributed by atoms with Crippen molar-refractivity contribution < 1.29 is 14.4 Å². The van der Waals surface area contributed by atoms with Crippen LogP contribution in [0, 0.1) is 0 Å². The number of fused-ring (bicyclic) bond motifs is 1. The molecule has 1 aliphatic heterocycles. The zero-order valence-corrected chi connectivity index (χ0v) is 13.0. The van der Waals surface area contributed by atoms with E-state index in [0.29, 0.717) is 24.1 Å². The smallest absolute Gasteiger partial charge is 0.324 e. The molecule has 1 saturated heterocycles. The highest BCUT2D eigenvalue weighted by Gasteiger charge is 2.30. The number of rotatable bonds is 3. The largest absolute Gasteiger partial charge is 0.468 e. The molecule has 2 atom stereocenters. The van der Waals surface area contributed by atoms with Crippen molar-refractivity contribution in [1.29, 1.82) is 0 Å². The van der Waals surface area contributed by atoms with Gasteiger partial charge in [-0.3, -0.25) is 9.59 Å². The highest BCUT2D eigenvalue weighted by Crippen LogP contribution is 2.12. The average Bonchev–Trinajstić information content (AvgIpc) is 2.57. The number of aromatic nitrogens is 3. The Morgan fingerprint density at radius 3 is 3.14 bits per heavy atom. The number of benzene rings is 1. The number of hydrogen-bond acceptors (Lipinski definition) is 6. The first-order valence-electron chi connectivity index (χ1n) is 7.04. The van der Waals surface area contributed by atoms with Crippen molar-refractivity contribution in [3.63, 3.8) is 0 Å². The van der Waals surface area contributed by atoms with E-state index in [2.05, 4.69) is 10.3 Å². The summed E-state index contributed by atoms with van der Waals surface area (Å²) in [6.45, 7) is 1.90. The molecule has 22 heavy (non-hydrogen) atoms. The lowest BCUT2D eigenvalue weighted by Crippen LogP contribution is -3.14. The molecule has 0 amide bonds. The lowest BCUT2D eigenvalue weighted by atomic mass is 10.2. The first-order valence-corrected chi connectivity index (χ1v) is 8.09. The van der Waals surface area contributed by atoms with Crippen LogP contribution in [0.5, 0.6) is 0 Å². The van der Waals surface area contributed by atoms with E-state index in [0.717, 1.165) is 17.2 Å². The maximum Gasteiger partial charge on any atom is 0.324 e. The highest BCUT2D eigenvalue weighted by molar-refractivity contribution is 8.00. The van der Waals surface area contributed by atoms with Crippen molar-refractivity contribution in [1.82, 2.24) is 15.0 Å². The molecule has 0 aliphatic carbocycles. The van der Waals surface area contributed by atoms with E-state index in [-0.39, 0.29) is 16.8 Å². The van der Waals surface area contributed by atoms with Gasteiger partial charge < -0.3 is 9.64 Å². The maximum atomic E-state index is 12.4.